The Hall–Kier alpha value is -3.88. The van der Waals surface area contributed by atoms with Gasteiger partial charge in [0.2, 0.25) is 0 Å². The molecule has 0 aliphatic rings. The van der Waals surface area contributed by atoms with Crippen LogP contribution in [0.25, 0.3) is 0 Å². The highest BCUT2D eigenvalue weighted by atomic mass is 16.5. The lowest BCUT2D eigenvalue weighted by Gasteiger charge is -2.12. The third kappa shape index (κ3) is 8.29. The first kappa shape index (κ1) is 25.4. The Balaban J connectivity index is 1.90. The zero-order valence-corrected chi connectivity index (χ0v) is 19.3. The lowest BCUT2D eigenvalue weighted by molar-refractivity contribution is -0.139. The van der Waals surface area contributed by atoms with Gasteiger partial charge in [0.15, 0.2) is 18.1 Å². The van der Waals surface area contributed by atoms with Crippen molar-refractivity contribution in [3.05, 3.63) is 53.6 Å². The molecule has 0 fully saturated rings. The Morgan fingerprint density at radius 1 is 1.03 bits per heavy atom. The molecule has 0 aliphatic carbocycles. The zero-order chi connectivity index (χ0) is 24.2. The fourth-order valence-corrected chi connectivity index (χ4v) is 2.66. The zero-order valence-electron chi connectivity index (χ0n) is 19.3. The van der Waals surface area contributed by atoms with Crippen molar-refractivity contribution < 1.29 is 23.9 Å². The molecule has 0 spiro atoms. The van der Waals surface area contributed by atoms with Crippen molar-refractivity contribution in [3.8, 4) is 11.5 Å². The quantitative estimate of drug-likeness (QED) is 0.290. The summed E-state index contributed by atoms with van der Waals surface area (Å²) in [5, 5.41) is 9.12. The summed E-state index contributed by atoms with van der Waals surface area (Å²) < 4.78 is 10.9. The number of nitrogens with zero attached hydrogens (tertiary/aromatic N) is 1. The van der Waals surface area contributed by atoms with E-state index in [2.05, 4.69) is 28.1 Å². The van der Waals surface area contributed by atoms with Gasteiger partial charge >= 0.3 is 11.8 Å². The fourth-order valence-electron chi connectivity index (χ4n) is 2.66. The first-order chi connectivity index (χ1) is 15.9. The van der Waals surface area contributed by atoms with Crippen LogP contribution in [0.15, 0.2) is 47.6 Å². The molecule has 2 rings (SSSR count). The summed E-state index contributed by atoms with van der Waals surface area (Å²) >= 11 is 0. The number of carbonyl (C=O) groups is 3. The molecule has 0 saturated heterocycles. The Labute approximate surface area is 193 Å². The van der Waals surface area contributed by atoms with E-state index in [1.54, 1.807) is 25.1 Å². The van der Waals surface area contributed by atoms with Crippen LogP contribution in [-0.2, 0) is 20.8 Å². The van der Waals surface area contributed by atoms with Crippen molar-refractivity contribution in [2.45, 2.75) is 39.7 Å². The van der Waals surface area contributed by atoms with Gasteiger partial charge < -0.3 is 20.1 Å². The van der Waals surface area contributed by atoms with Crippen LogP contribution >= 0.6 is 0 Å². The monoisotopic (exact) mass is 454 g/mol. The minimum atomic E-state index is -0.853. The SMILES string of the molecule is CCc1ccc(NC(=O)COc2ccc(/C=N\NC(=O)C(=O)N[C@H](C)CC)cc2OC)cc1. The second kappa shape index (κ2) is 12.8. The van der Waals surface area contributed by atoms with Crippen LogP contribution in [0.1, 0.15) is 38.3 Å². The van der Waals surface area contributed by atoms with Gasteiger partial charge in [0.1, 0.15) is 0 Å². The van der Waals surface area contributed by atoms with Crippen LogP contribution in [0.4, 0.5) is 5.69 Å². The Morgan fingerprint density at radius 2 is 1.76 bits per heavy atom. The van der Waals surface area contributed by atoms with E-state index in [1.807, 2.05) is 31.2 Å². The van der Waals surface area contributed by atoms with Gasteiger partial charge in [0.05, 0.1) is 13.3 Å². The molecule has 0 unspecified atom stereocenters. The molecular weight excluding hydrogens is 424 g/mol. The molecule has 3 amide bonds. The smallest absolute Gasteiger partial charge is 0.329 e. The van der Waals surface area contributed by atoms with Crippen LogP contribution in [-0.4, -0.2) is 43.7 Å². The largest absolute Gasteiger partial charge is 0.493 e. The summed E-state index contributed by atoms with van der Waals surface area (Å²) in [5.74, 6) is -1.13. The van der Waals surface area contributed by atoms with Crippen molar-refractivity contribution in [1.82, 2.24) is 10.7 Å². The number of nitrogens with one attached hydrogen (secondary N) is 3. The standard InChI is InChI=1S/C24H30N4O5/c1-5-16(3)26-23(30)24(31)28-25-14-18-9-12-20(21(13-18)32-4)33-15-22(29)27-19-10-7-17(6-2)8-11-19/h7-14,16H,5-6,15H2,1-4H3,(H,26,30)(H,27,29)(H,28,31)/b25-14-/t16-/m1/s1. The van der Waals surface area contributed by atoms with Gasteiger partial charge in [0, 0.05) is 11.7 Å². The second-order valence-electron chi connectivity index (χ2n) is 7.28. The number of rotatable bonds is 10. The van der Waals surface area contributed by atoms with Gasteiger partial charge in [-0.15, -0.1) is 0 Å². The summed E-state index contributed by atoms with van der Waals surface area (Å²) in [4.78, 5) is 35.6. The Kier molecular flexibility index (Phi) is 9.88. The summed E-state index contributed by atoms with van der Waals surface area (Å²) in [6.07, 6.45) is 3.01. The molecule has 9 heteroatoms. The summed E-state index contributed by atoms with van der Waals surface area (Å²) in [6, 6.07) is 12.4. The Morgan fingerprint density at radius 3 is 2.39 bits per heavy atom. The maximum Gasteiger partial charge on any atom is 0.329 e. The third-order valence-electron chi connectivity index (χ3n) is 4.77. The predicted molar refractivity (Wildman–Crippen MR) is 127 cm³/mol. The number of hydrogen-bond donors (Lipinski definition) is 3. The van der Waals surface area contributed by atoms with Crippen LogP contribution in [0.3, 0.4) is 0 Å². The first-order valence-corrected chi connectivity index (χ1v) is 10.7. The molecule has 0 radical (unpaired) electrons. The van der Waals surface area contributed by atoms with Crippen molar-refractivity contribution in [2.75, 3.05) is 19.0 Å². The van der Waals surface area contributed by atoms with Crippen molar-refractivity contribution >= 4 is 29.6 Å². The Bertz CT molecular complexity index is 989. The number of ether oxygens (including phenoxy) is 2. The van der Waals surface area contributed by atoms with Gasteiger partial charge in [-0.25, -0.2) is 5.43 Å². The van der Waals surface area contributed by atoms with Gasteiger partial charge in [-0.05, 0) is 61.2 Å². The van der Waals surface area contributed by atoms with E-state index in [0.29, 0.717) is 29.2 Å². The molecule has 0 aromatic heterocycles. The minimum absolute atomic E-state index is 0.104. The number of anilines is 1. The highest BCUT2D eigenvalue weighted by Crippen LogP contribution is 2.27. The second-order valence-corrected chi connectivity index (χ2v) is 7.28. The predicted octanol–water partition coefficient (Wildman–Crippen LogP) is 2.64. The molecule has 1 atom stereocenters. The number of aryl methyl sites for hydroxylation is 1. The minimum Gasteiger partial charge on any atom is -0.493 e. The molecule has 0 bridgehead atoms. The van der Waals surface area contributed by atoms with E-state index in [-0.39, 0.29) is 18.6 Å². The third-order valence-corrected chi connectivity index (χ3v) is 4.77. The van der Waals surface area contributed by atoms with E-state index in [9.17, 15) is 14.4 Å². The maximum atomic E-state index is 12.2. The molecule has 33 heavy (non-hydrogen) atoms. The highest BCUT2D eigenvalue weighted by molar-refractivity contribution is 6.35. The summed E-state index contributed by atoms with van der Waals surface area (Å²) in [5.41, 5.74) is 4.66. The van der Waals surface area contributed by atoms with Crippen molar-refractivity contribution in [3.63, 3.8) is 0 Å². The number of carbonyl (C=O) groups excluding carboxylic acids is 3. The molecule has 2 aromatic carbocycles. The maximum absolute atomic E-state index is 12.2. The normalized spacial score (nSPS) is 11.5. The molecule has 0 heterocycles. The first-order valence-electron chi connectivity index (χ1n) is 10.7. The summed E-state index contributed by atoms with van der Waals surface area (Å²) in [7, 11) is 1.47. The topological polar surface area (TPSA) is 118 Å². The number of amides is 3. The van der Waals surface area contributed by atoms with Gasteiger partial charge in [-0.3, -0.25) is 14.4 Å². The van der Waals surface area contributed by atoms with Crippen LogP contribution in [0.5, 0.6) is 11.5 Å². The molecular formula is C24H30N4O5. The molecule has 3 N–H and O–H groups in total. The van der Waals surface area contributed by atoms with Gasteiger partial charge in [-0.1, -0.05) is 26.0 Å². The number of methoxy groups -OCH3 is 1. The van der Waals surface area contributed by atoms with E-state index in [0.717, 1.165) is 6.42 Å². The average Bonchev–Trinajstić information content (AvgIpc) is 2.83. The number of hydrogen-bond acceptors (Lipinski definition) is 6. The van der Waals surface area contributed by atoms with Gasteiger partial charge in [-0.2, -0.15) is 5.10 Å². The van der Waals surface area contributed by atoms with Crippen LogP contribution in [0, 0.1) is 0 Å². The van der Waals surface area contributed by atoms with Crippen LogP contribution < -0.4 is 25.5 Å². The fraction of sp³-hybridized carbons (Fsp3) is 0.333. The number of hydrazone groups is 1. The van der Waals surface area contributed by atoms with E-state index >= 15 is 0 Å². The van der Waals surface area contributed by atoms with Crippen LogP contribution in [0.2, 0.25) is 0 Å². The van der Waals surface area contributed by atoms with Gasteiger partial charge in [0.25, 0.3) is 5.91 Å². The highest BCUT2D eigenvalue weighted by Gasteiger charge is 2.14. The van der Waals surface area contributed by atoms with E-state index in [1.165, 1.54) is 18.9 Å². The average molecular weight is 455 g/mol. The van der Waals surface area contributed by atoms with Crippen molar-refractivity contribution in [2.24, 2.45) is 5.10 Å². The van der Waals surface area contributed by atoms with E-state index in [4.69, 9.17) is 9.47 Å². The van der Waals surface area contributed by atoms with E-state index < -0.39 is 11.8 Å². The molecule has 0 saturated carbocycles. The molecule has 0 aliphatic heterocycles. The lowest BCUT2D eigenvalue weighted by atomic mass is 10.1. The summed E-state index contributed by atoms with van der Waals surface area (Å²) in [6.45, 7) is 5.58. The van der Waals surface area contributed by atoms with Crippen molar-refractivity contribution in [1.29, 1.82) is 0 Å². The molecule has 9 nitrogen and oxygen atoms in total. The lowest BCUT2D eigenvalue weighted by Crippen LogP contribution is -2.41. The number of benzene rings is 2. The molecule has 176 valence electrons. The molecule has 2 aromatic rings.